The van der Waals surface area contributed by atoms with E-state index in [4.69, 9.17) is 19.7 Å². The van der Waals surface area contributed by atoms with Crippen LogP contribution in [0.1, 0.15) is 53.6 Å². The second-order valence-electron chi connectivity index (χ2n) is 10.9. The number of likely N-dealkylation sites (tertiary alicyclic amines) is 1. The zero-order valence-corrected chi connectivity index (χ0v) is 24.1. The molecular weight excluding hydrogens is 510 g/mol. The van der Waals surface area contributed by atoms with Gasteiger partial charge in [0, 0.05) is 35.2 Å². The standard InChI is InChI=1S/C34H39N5O2/c1-40-28-17-16-26(32(22-28)41-2)24-39-33(18-15-25-11-5-3-6-12-25)36-37-34(39)31(38-19-9-4-10-20-38)21-27-23-35-30-14-8-7-13-29(27)30/h3,5-8,11-14,16-17,22-23,31,35H,4,9-10,15,18-21,24H2,1-2H3. The SMILES string of the molecule is COc1ccc(Cn2c(CCc3ccccc3)nnc2C(Cc2c[nH]c3ccccc23)N2CCCCC2)c(OC)c1. The first-order valence-electron chi connectivity index (χ1n) is 14.7. The van der Waals surface area contributed by atoms with Gasteiger partial charge in [-0.3, -0.25) is 4.90 Å². The number of methoxy groups -OCH3 is 2. The van der Waals surface area contributed by atoms with Gasteiger partial charge < -0.3 is 19.0 Å². The van der Waals surface area contributed by atoms with Crippen molar-refractivity contribution in [3.63, 3.8) is 0 Å². The van der Waals surface area contributed by atoms with E-state index in [9.17, 15) is 0 Å². The fraction of sp³-hybridized carbons (Fsp3) is 0.353. The molecule has 0 aliphatic carbocycles. The molecule has 1 unspecified atom stereocenters. The van der Waals surface area contributed by atoms with Crippen molar-refractivity contribution in [1.82, 2.24) is 24.6 Å². The van der Waals surface area contributed by atoms with E-state index in [1.165, 1.54) is 41.3 Å². The van der Waals surface area contributed by atoms with Gasteiger partial charge in [0.25, 0.3) is 0 Å². The van der Waals surface area contributed by atoms with Gasteiger partial charge in [-0.15, -0.1) is 10.2 Å². The van der Waals surface area contributed by atoms with Gasteiger partial charge in [-0.05, 0) is 68.1 Å². The Balaban J connectivity index is 1.40. The van der Waals surface area contributed by atoms with Crippen LogP contribution in [0, 0.1) is 0 Å². The Kier molecular flexibility index (Phi) is 8.33. The maximum absolute atomic E-state index is 5.81. The molecule has 0 amide bonds. The molecule has 6 rings (SSSR count). The molecule has 2 aromatic heterocycles. The number of aromatic amines is 1. The monoisotopic (exact) mass is 549 g/mol. The summed E-state index contributed by atoms with van der Waals surface area (Å²) in [5.41, 5.74) is 4.88. The number of ether oxygens (including phenoxy) is 2. The zero-order chi connectivity index (χ0) is 28.0. The molecule has 1 atom stereocenters. The lowest BCUT2D eigenvalue weighted by atomic mass is 10.00. The first kappa shape index (κ1) is 27.1. The second-order valence-corrected chi connectivity index (χ2v) is 10.9. The Morgan fingerprint density at radius 2 is 1.63 bits per heavy atom. The summed E-state index contributed by atoms with van der Waals surface area (Å²) in [6, 6.07) is 25.4. The summed E-state index contributed by atoms with van der Waals surface area (Å²) in [4.78, 5) is 6.11. The highest BCUT2D eigenvalue weighted by Gasteiger charge is 2.29. The molecule has 5 aromatic rings. The average Bonchev–Trinajstić information content (AvgIpc) is 3.63. The number of piperidine rings is 1. The number of fused-ring (bicyclic) bond motifs is 1. The number of rotatable bonds is 11. The van der Waals surface area contributed by atoms with Gasteiger partial charge in [-0.1, -0.05) is 55.0 Å². The highest BCUT2D eigenvalue weighted by Crippen LogP contribution is 2.32. The highest BCUT2D eigenvalue weighted by atomic mass is 16.5. The van der Waals surface area contributed by atoms with Crippen LogP contribution in [0.4, 0.5) is 0 Å². The summed E-state index contributed by atoms with van der Waals surface area (Å²) < 4.78 is 13.6. The molecule has 3 aromatic carbocycles. The summed E-state index contributed by atoms with van der Waals surface area (Å²) in [6.45, 7) is 2.79. The lowest BCUT2D eigenvalue weighted by molar-refractivity contribution is 0.153. The highest BCUT2D eigenvalue weighted by molar-refractivity contribution is 5.83. The molecule has 0 bridgehead atoms. The molecule has 0 spiro atoms. The van der Waals surface area contributed by atoms with Crippen molar-refractivity contribution in [2.45, 2.75) is 51.1 Å². The van der Waals surface area contributed by atoms with Crippen LogP contribution in [-0.2, 0) is 25.8 Å². The fourth-order valence-corrected chi connectivity index (χ4v) is 6.13. The Morgan fingerprint density at radius 1 is 0.829 bits per heavy atom. The molecular formula is C34H39N5O2. The molecule has 0 saturated carbocycles. The predicted octanol–water partition coefficient (Wildman–Crippen LogP) is 6.38. The van der Waals surface area contributed by atoms with Crippen molar-refractivity contribution in [2.24, 2.45) is 0 Å². The topological polar surface area (TPSA) is 68.2 Å². The second kappa shape index (κ2) is 12.6. The minimum Gasteiger partial charge on any atom is -0.497 e. The van der Waals surface area contributed by atoms with Gasteiger partial charge in [0.1, 0.15) is 17.3 Å². The molecule has 1 N–H and O–H groups in total. The summed E-state index contributed by atoms with van der Waals surface area (Å²) in [7, 11) is 3.40. The molecule has 0 radical (unpaired) electrons. The van der Waals surface area contributed by atoms with Crippen molar-refractivity contribution in [1.29, 1.82) is 0 Å². The van der Waals surface area contributed by atoms with E-state index in [2.05, 4.69) is 81.3 Å². The van der Waals surface area contributed by atoms with Crippen LogP contribution in [0.2, 0.25) is 0 Å². The molecule has 1 saturated heterocycles. The Bertz CT molecular complexity index is 1570. The number of H-pyrrole nitrogens is 1. The maximum Gasteiger partial charge on any atom is 0.151 e. The summed E-state index contributed by atoms with van der Waals surface area (Å²) >= 11 is 0. The number of hydrogen-bond donors (Lipinski definition) is 1. The number of aryl methyl sites for hydroxylation is 2. The summed E-state index contributed by atoms with van der Waals surface area (Å²) in [5.74, 6) is 3.62. The molecule has 1 fully saturated rings. The number of nitrogens with one attached hydrogen (secondary N) is 1. The maximum atomic E-state index is 5.81. The largest absolute Gasteiger partial charge is 0.497 e. The zero-order valence-electron chi connectivity index (χ0n) is 24.1. The third-order valence-corrected chi connectivity index (χ3v) is 8.38. The van der Waals surface area contributed by atoms with E-state index in [0.29, 0.717) is 6.54 Å². The van der Waals surface area contributed by atoms with Crippen LogP contribution in [0.3, 0.4) is 0 Å². The number of para-hydroxylation sites is 1. The normalized spacial score (nSPS) is 14.8. The molecule has 1 aliphatic heterocycles. The van der Waals surface area contributed by atoms with Crippen LogP contribution < -0.4 is 9.47 Å². The minimum atomic E-state index is 0.122. The number of benzene rings is 3. The number of nitrogens with zero attached hydrogens (tertiary/aromatic N) is 4. The molecule has 1 aliphatic rings. The van der Waals surface area contributed by atoms with Crippen molar-refractivity contribution >= 4 is 10.9 Å². The van der Waals surface area contributed by atoms with E-state index in [-0.39, 0.29) is 6.04 Å². The van der Waals surface area contributed by atoms with E-state index in [1.54, 1.807) is 14.2 Å². The van der Waals surface area contributed by atoms with Crippen molar-refractivity contribution < 1.29 is 9.47 Å². The number of aromatic nitrogens is 4. The van der Waals surface area contributed by atoms with Crippen molar-refractivity contribution in [3.05, 3.63) is 107 Å². The van der Waals surface area contributed by atoms with Gasteiger partial charge in [-0.25, -0.2) is 0 Å². The van der Waals surface area contributed by atoms with Gasteiger partial charge in [0.2, 0.25) is 0 Å². The third kappa shape index (κ3) is 6.00. The average molecular weight is 550 g/mol. The summed E-state index contributed by atoms with van der Waals surface area (Å²) in [6.07, 6.45) is 8.49. The quantitative estimate of drug-likeness (QED) is 0.207. The van der Waals surface area contributed by atoms with Crippen LogP contribution in [0.5, 0.6) is 11.5 Å². The van der Waals surface area contributed by atoms with Crippen LogP contribution in [0.25, 0.3) is 10.9 Å². The first-order valence-corrected chi connectivity index (χ1v) is 14.7. The molecule has 41 heavy (non-hydrogen) atoms. The first-order chi connectivity index (χ1) is 20.2. The predicted molar refractivity (Wildman–Crippen MR) is 163 cm³/mol. The molecule has 7 nitrogen and oxygen atoms in total. The third-order valence-electron chi connectivity index (χ3n) is 8.38. The van der Waals surface area contributed by atoms with E-state index in [1.807, 2.05) is 12.1 Å². The van der Waals surface area contributed by atoms with Crippen molar-refractivity contribution in [3.8, 4) is 11.5 Å². The summed E-state index contributed by atoms with van der Waals surface area (Å²) in [5, 5.41) is 11.1. The minimum absolute atomic E-state index is 0.122. The molecule has 3 heterocycles. The van der Waals surface area contributed by atoms with E-state index < -0.39 is 0 Å². The molecule has 7 heteroatoms. The Labute approximate surface area is 242 Å². The van der Waals surface area contributed by atoms with E-state index >= 15 is 0 Å². The van der Waals surface area contributed by atoms with Crippen LogP contribution in [0.15, 0.2) is 79.0 Å². The van der Waals surface area contributed by atoms with Gasteiger partial charge in [0.15, 0.2) is 5.82 Å². The lowest BCUT2D eigenvalue weighted by Gasteiger charge is -2.34. The molecule has 212 valence electrons. The van der Waals surface area contributed by atoms with Crippen LogP contribution in [-0.4, -0.2) is 52.0 Å². The smallest absolute Gasteiger partial charge is 0.151 e. The van der Waals surface area contributed by atoms with E-state index in [0.717, 1.165) is 61.1 Å². The Hall–Kier alpha value is -4.10. The van der Waals surface area contributed by atoms with Crippen molar-refractivity contribution in [2.75, 3.05) is 27.3 Å². The van der Waals surface area contributed by atoms with Crippen LogP contribution >= 0.6 is 0 Å². The van der Waals surface area contributed by atoms with Gasteiger partial charge in [0.05, 0.1) is 26.8 Å². The fourth-order valence-electron chi connectivity index (χ4n) is 6.13. The van der Waals surface area contributed by atoms with Gasteiger partial charge >= 0.3 is 0 Å². The Morgan fingerprint density at radius 3 is 2.44 bits per heavy atom. The lowest BCUT2D eigenvalue weighted by Crippen LogP contribution is -2.36. The number of hydrogen-bond acceptors (Lipinski definition) is 5. The van der Waals surface area contributed by atoms with Gasteiger partial charge in [-0.2, -0.15) is 0 Å².